The molecule has 0 unspecified atom stereocenters. The number of hydrogen-bond acceptors (Lipinski definition) is 4. The van der Waals surface area contributed by atoms with Crippen molar-refractivity contribution in [3.8, 4) is 11.5 Å². The molecule has 1 heterocycles. The molecule has 1 aromatic heterocycles. The van der Waals surface area contributed by atoms with Crippen LogP contribution in [0.4, 0.5) is 0 Å². The Kier molecular flexibility index (Phi) is 6.62. The van der Waals surface area contributed by atoms with E-state index < -0.39 is 0 Å². The van der Waals surface area contributed by atoms with E-state index in [-0.39, 0.29) is 6.04 Å². The van der Waals surface area contributed by atoms with Gasteiger partial charge in [0.25, 0.3) is 0 Å². The average Bonchev–Trinajstić information content (AvgIpc) is 2.72. The lowest BCUT2D eigenvalue weighted by Gasteiger charge is -2.19. The third-order valence-corrected chi connectivity index (χ3v) is 4.09. The largest absolute Gasteiger partial charge is 0.497 e. The van der Waals surface area contributed by atoms with Crippen LogP contribution in [0.1, 0.15) is 23.7 Å². The molecule has 3 rings (SSSR count). The summed E-state index contributed by atoms with van der Waals surface area (Å²) in [5.41, 5.74) is 2.12. The Labute approximate surface area is 154 Å². The number of rotatable bonds is 9. The van der Waals surface area contributed by atoms with Gasteiger partial charge < -0.3 is 14.8 Å². The number of nitrogens with one attached hydrogen (secondary N) is 1. The van der Waals surface area contributed by atoms with E-state index in [0.29, 0.717) is 6.61 Å². The molecule has 26 heavy (non-hydrogen) atoms. The minimum absolute atomic E-state index is 0.0167. The van der Waals surface area contributed by atoms with E-state index in [4.69, 9.17) is 9.47 Å². The summed E-state index contributed by atoms with van der Waals surface area (Å²) < 4.78 is 11.1. The maximum atomic E-state index is 5.76. The molecule has 0 saturated heterocycles. The van der Waals surface area contributed by atoms with E-state index in [1.807, 2.05) is 72.9 Å². The molecule has 2 aromatic carbocycles. The van der Waals surface area contributed by atoms with E-state index in [0.717, 1.165) is 35.7 Å². The zero-order valence-electron chi connectivity index (χ0n) is 15.0. The standard InChI is InChI=1S/C22H24N2O2/c1-25-20-12-7-9-18(17-20)22(21-13-5-6-14-23-21)24-15-8-16-26-19-10-3-2-4-11-19/h2-7,9-14,17,22,24H,8,15-16H2,1H3/t22-/m1/s1. The van der Waals surface area contributed by atoms with Gasteiger partial charge in [-0.05, 0) is 54.9 Å². The van der Waals surface area contributed by atoms with Crippen molar-refractivity contribution in [3.05, 3.63) is 90.3 Å². The van der Waals surface area contributed by atoms with Crippen molar-refractivity contribution in [3.63, 3.8) is 0 Å². The van der Waals surface area contributed by atoms with Gasteiger partial charge in [-0.25, -0.2) is 0 Å². The Balaban J connectivity index is 1.61. The highest BCUT2D eigenvalue weighted by molar-refractivity contribution is 5.34. The lowest BCUT2D eigenvalue weighted by Crippen LogP contribution is -2.25. The summed E-state index contributed by atoms with van der Waals surface area (Å²) in [7, 11) is 1.68. The smallest absolute Gasteiger partial charge is 0.119 e. The van der Waals surface area contributed by atoms with Gasteiger partial charge in [-0.2, -0.15) is 0 Å². The molecule has 0 aliphatic carbocycles. The number of para-hydroxylation sites is 1. The zero-order chi connectivity index (χ0) is 18.0. The van der Waals surface area contributed by atoms with Gasteiger partial charge >= 0.3 is 0 Å². The van der Waals surface area contributed by atoms with Crippen LogP contribution >= 0.6 is 0 Å². The fourth-order valence-electron chi connectivity index (χ4n) is 2.79. The Morgan fingerprint density at radius 3 is 2.50 bits per heavy atom. The van der Waals surface area contributed by atoms with E-state index >= 15 is 0 Å². The first kappa shape index (κ1) is 18.0. The quantitative estimate of drug-likeness (QED) is 0.588. The second-order valence-electron chi connectivity index (χ2n) is 5.93. The van der Waals surface area contributed by atoms with Crippen molar-refractivity contribution < 1.29 is 9.47 Å². The van der Waals surface area contributed by atoms with Crippen molar-refractivity contribution in [2.24, 2.45) is 0 Å². The molecule has 4 heteroatoms. The first-order valence-electron chi connectivity index (χ1n) is 8.83. The van der Waals surface area contributed by atoms with Crippen LogP contribution in [0.2, 0.25) is 0 Å². The Bertz CT molecular complexity index is 778. The maximum Gasteiger partial charge on any atom is 0.119 e. The van der Waals surface area contributed by atoms with Crippen molar-refractivity contribution in [2.75, 3.05) is 20.3 Å². The topological polar surface area (TPSA) is 43.4 Å². The van der Waals surface area contributed by atoms with Gasteiger partial charge in [0.1, 0.15) is 11.5 Å². The number of aromatic nitrogens is 1. The number of pyridine rings is 1. The Morgan fingerprint density at radius 2 is 1.73 bits per heavy atom. The molecule has 0 fully saturated rings. The number of hydrogen-bond donors (Lipinski definition) is 1. The van der Waals surface area contributed by atoms with Crippen LogP contribution in [0.3, 0.4) is 0 Å². The van der Waals surface area contributed by atoms with Crippen LogP contribution < -0.4 is 14.8 Å². The van der Waals surface area contributed by atoms with Crippen LogP contribution in [0.25, 0.3) is 0 Å². The fourth-order valence-corrected chi connectivity index (χ4v) is 2.79. The molecule has 0 radical (unpaired) electrons. The number of nitrogens with zero attached hydrogens (tertiary/aromatic N) is 1. The van der Waals surface area contributed by atoms with E-state index in [1.165, 1.54) is 0 Å². The van der Waals surface area contributed by atoms with Crippen LogP contribution in [0.5, 0.6) is 11.5 Å². The molecule has 0 amide bonds. The molecule has 3 aromatic rings. The molecular weight excluding hydrogens is 324 g/mol. The summed E-state index contributed by atoms with van der Waals surface area (Å²) in [6, 6.07) is 24.0. The van der Waals surface area contributed by atoms with Crippen molar-refractivity contribution in [1.29, 1.82) is 0 Å². The Morgan fingerprint density at radius 1 is 0.923 bits per heavy atom. The maximum absolute atomic E-state index is 5.76. The van der Waals surface area contributed by atoms with Gasteiger partial charge in [0, 0.05) is 6.20 Å². The second kappa shape index (κ2) is 9.59. The van der Waals surface area contributed by atoms with E-state index in [2.05, 4.69) is 16.4 Å². The Hall–Kier alpha value is -2.85. The van der Waals surface area contributed by atoms with Crippen LogP contribution in [-0.4, -0.2) is 25.2 Å². The highest BCUT2D eigenvalue weighted by Crippen LogP contribution is 2.24. The molecule has 0 aliphatic heterocycles. The number of ether oxygens (including phenoxy) is 2. The molecule has 0 aliphatic rings. The van der Waals surface area contributed by atoms with Gasteiger partial charge in [0.2, 0.25) is 0 Å². The third kappa shape index (κ3) is 5.07. The molecule has 1 N–H and O–H groups in total. The van der Waals surface area contributed by atoms with Crippen molar-refractivity contribution >= 4 is 0 Å². The van der Waals surface area contributed by atoms with E-state index in [1.54, 1.807) is 7.11 Å². The summed E-state index contributed by atoms with van der Waals surface area (Å²) in [4.78, 5) is 4.52. The minimum Gasteiger partial charge on any atom is -0.497 e. The van der Waals surface area contributed by atoms with Gasteiger partial charge in [-0.3, -0.25) is 4.98 Å². The second-order valence-corrected chi connectivity index (χ2v) is 5.93. The molecule has 134 valence electrons. The summed E-state index contributed by atoms with van der Waals surface area (Å²) in [6.07, 6.45) is 2.73. The number of benzene rings is 2. The third-order valence-electron chi connectivity index (χ3n) is 4.09. The fraction of sp³-hybridized carbons (Fsp3) is 0.227. The molecule has 1 atom stereocenters. The molecule has 0 spiro atoms. The predicted octanol–water partition coefficient (Wildman–Crippen LogP) is 4.24. The SMILES string of the molecule is COc1cccc([C@@H](NCCCOc2ccccc2)c2ccccn2)c1. The monoisotopic (exact) mass is 348 g/mol. The molecule has 0 saturated carbocycles. The van der Waals surface area contributed by atoms with Gasteiger partial charge in [-0.1, -0.05) is 36.4 Å². The lowest BCUT2D eigenvalue weighted by molar-refractivity contribution is 0.306. The van der Waals surface area contributed by atoms with Crippen LogP contribution in [0, 0.1) is 0 Å². The highest BCUT2D eigenvalue weighted by Gasteiger charge is 2.15. The summed E-state index contributed by atoms with van der Waals surface area (Å²) >= 11 is 0. The van der Waals surface area contributed by atoms with Gasteiger partial charge in [-0.15, -0.1) is 0 Å². The first-order chi connectivity index (χ1) is 12.9. The summed E-state index contributed by atoms with van der Waals surface area (Å²) in [5.74, 6) is 1.75. The first-order valence-corrected chi connectivity index (χ1v) is 8.83. The lowest BCUT2D eigenvalue weighted by atomic mass is 10.0. The summed E-state index contributed by atoms with van der Waals surface area (Å²) in [5, 5.41) is 3.59. The molecule has 4 nitrogen and oxygen atoms in total. The predicted molar refractivity (Wildman–Crippen MR) is 104 cm³/mol. The normalized spacial score (nSPS) is 11.7. The molecule has 0 bridgehead atoms. The highest BCUT2D eigenvalue weighted by atomic mass is 16.5. The average molecular weight is 348 g/mol. The summed E-state index contributed by atoms with van der Waals surface area (Å²) in [6.45, 7) is 1.50. The minimum atomic E-state index is 0.0167. The van der Waals surface area contributed by atoms with Gasteiger partial charge in [0.15, 0.2) is 0 Å². The van der Waals surface area contributed by atoms with E-state index in [9.17, 15) is 0 Å². The van der Waals surface area contributed by atoms with Gasteiger partial charge in [0.05, 0.1) is 25.5 Å². The zero-order valence-corrected chi connectivity index (χ0v) is 15.0. The van der Waals surface area contributed by atoms with Crippen molar-refractivity contribution in [1.82, 2.24) is 10.3 Å². The number of methoxy groups -OCH3 is 1. The van der Waals surface area contributed by atoms with Crippen LogP contribution in [0.15, 0.2) is 79.0 Å². The van der Waals surface area contributed by atoms with Crippen molar-refractivity contribution in [2.45, 2.75) is 12.5 Å². The molecular formula is C22H24N2O2. The van der Waals surface area contributed by atoms with Crippen LogP contribution in [-0.2, 0) is 0 Å².